The Labute approximate surface area is 61.1 Å². The lowest BCUT2D eigenvalue weighted by molar-refractivity contribution is 0.629. The number of fused-ring (bicyclic) bond motifs is 1. The fourth-order valence-electron chi connectivity index (χ4n) is 0.831. The smallest absolute Gasteiger partial charge is 0.125 e. The van der Waals surface area contributed by atoms with Gasteiger partial charge in [0.2, 0.25) is 0 Å². The monoisotopic (exact) mass is 153 g/mol. The number of thiazole rings is 1. The average molecular weight is 153 g/mol. The number of benzene rings is 1. The van der Waals surface area contributed by atoms with Crippen LogP contribution in [0.25, 0.3) is 10.2 Å². The van der Waals surface area contributed by atoms with Crippen molar-refractivity contribution in [2.24, 2.45) is 0 Å². The molecule has 10 heavy (non-hydrogen) atoms. The normalized spacial score (nSPS) is 10.5. The van der Waals surface area contributed by atoms with E-state index in [1.807, 2.05) is 0 Å². The molecule has 0 fully saturated rings. The van der Waals surface area contributed by atoms with Gasteiger partial charge in [-0.25, -0.2) is 9.37 Å². The minimum Gasteiger partial charge on any atom is -0.245 e. The lowest BCUT2D eigenvalue weighted by Gasteiger charge is -1.85. The number of nitrogens with zero attached hydrogens (tertiary/aromatic N) is 1. The molecule has 0 bridgehead atoms. The molecule has 0 spiro atoms. The van der Waals surface area contributed by atoms with Crippen LogP contribution in [0.5, 0.6) is 0 Å². The summed E-state index contributed by atoms with van der Waals surface area (Å²) in [5.74, 6) is -0.224. The molecule has 1 aromatic carbocycles. The van der Waals surface area contributed by atoms with E-state index in [0.717, 1.165) is 10.2 Å². The molecule has 0 amide bonds. The van der Waals surface area contributed by atoms with Gasteiger partial charge in [-0.3, -0.25) is 0 Å². The van der Waals surface area contributed by atoms with Crippen molar-refractivity contribution >= 4 is 21.6 Å². The van der Waals surface area contributed by atoms with Crippen molar-refractivity contribution < 1.29 is 4.39 Å². The highest BCUT2D eigenvalue weighted by Gasteiger charge is 1.95. The van der Waals surface area contributed by atoms with Crippen LogP contribution in [0.1, 0.15) is 0 Å². The van der Waals surface area contributed by atoms with E-state index in [4.69, 9.17) is 0 Å². The Kier molecular flexibility index (Phi) is 1.17. The van der Waals surface area contributed by atoms with Crippen molar-refractivity contribution in [1.29, 1.82) is 0 Å². The SMILES string of the molecule is Fc1ccc2scnc2c1. The number of aromatic nitrogens is 1. The molecule has 3 heteroatoms. The second kappa shape index (κ2) is 2.02. The first-order valence-corrected chi connectivity index (χ1v) is 3.73. The Hall–Kier alpha value is -0.960. The largest absolute Gasteiger partial charge is 0.245 e. The molecule has 0 aliphatic carbocycles. The second-order valence-electron chi connectivity index (χ2n) is 1.96. The number of hydrogen-bond donors (Lipinski definition) is 0. The minimum atomic E-state index is -0.224. The van der Waals surface area contributed by atoms with Gasteiger partial charge in [-0.2, -0.15) is 0 Å². The Morgan fingerprint density at radius 1 is 1.40 bits per heavy atom. The molecule has 0 radical (unpaired) electrons. The summed E-state index contributed by atoms with van der Waals surface area (Å²) in [4.78, 5) is 3.96. The third kappa shape index (κ3) is 0.789. The summed E-state index contributed by atoms with van der Waals surface area (Å²) in [7, 11) is 0. The van der Waals surface area contributed by atoms with Crippen molar-refractivity contribution in [2.75, 3.05) is 0 Å². The van der Waals surface area contributed by atoms with Crippen molar-refractivity contribution in [1.82, 2.24) is 4.98 Å². The van der Waals surface area contributed by atoms with Gasteiger partial charge in [0, 0.05) is 6.07 Å². The van der Waals surface area contributed by atoms with Gasteiger partial charge < -0.3 is 0 Å². The fraction of sp³-hybridized carbons (Fsp3) is 0. The van der Waals surface area contributed by atoms with Crippen LogP contribution in [0, 0.1) is 5.82 Å². The lowest BCUT2D eigenvalue weighted by Crippen LogP contribution is -1.70. The summed E-state index contributed by atoms with van der Waals surface area (Å²) < 4.78 is 13.5. The van der Waals surface area contributed by atoms with Gasteiger partial charge in [0.1, 0.15) is 5.82 Å². The quantitative estimate of drug-likeness (QED) is 0.566. The second-order valence-corrected chi connectivity index (χ2v) is 2.85. The molecular weight excluding hydrogens is 149 g/mol. The maximum absolute atomic E-state index is 12.5. The Bertz CT molecular complexity index is 355. The van der Waals surface area contributed by atoms with Gasteiger partial charge in [0.15, 0.2) is 0 Å². The van der Waals surface area contributed by atoms with Crippen LogP contribution >= 0.6 is 11.3 Å². The first-order chi connectivity index (χ1) is 4.86. The van der Waals surface area contributed by atoms with E-state index >= 15 is 0 Å². The molecule has 0 unspecified atom stereocenters. The van der Waals surface area contributed by atoms with E-state index in [-0.39, 0.29) is 5.82 Å². The molecule has 1 heterocycles. The molecular formula is C7H4FNS. The van der Waals surface area contributed by atoms with Gasteiger partial charge in [-0.15, -0.1) is 11.3 Å². The van der Waals surface area contributed by atoms with Gasteiger partial charge in [0.25, 0.3) is 0 Å². The van der Waals surface area contributed by atoms with Gasteiger partial charge >= 0.3 is 0 Å². The van der Waals surface area contributed by atoms with E-state index in [9.17, 15) is 4.39 Å². The summed E-state index contributed by atoms with van der Waals surface area (Å²) in [6.07, 6.45) is 0. The zero-order valence-electron chi connectivity index (χ0n) is 5.04. The van der Waals surface area contributed by atoms with Crippen molar-refractivity contribution in [3.8, 4) is 0 Å². The Morgan fingerprint density at radius 3 is 3.20 bits per heavy atom. The Balaban J connectivity index is 2.86. The van der Waals surface area contributed by atoms with Crippen molar-refractivity contribution in [3.05, 3.63) is 29.5 Å². The third-order valence-electron chi connectivity index (χ3n) is 1.29. The number of rotatable bonds is 0. The molecule has 0 saturated carbocycles. The number of halogens is 1. The van der Waals surface area contributed by atoms with E-state index in [1.54, 1.807) is 11.6 Å². The van der Waals surface area contributed by atoms with E-state index in [1.165, 1.54) is 23.5 Å². The lowest BCUT2D eigenvalue weighted by atomic mass is 10.3. The first-order valence-electron chi connectivity index (χ1n) is 2.85. The highest BCUT2D eigenvalue weighted by molar-refractivity contribution is 7.16. The fourth-order valence-corrected chi connectivity index (χ4v) is 1.49. The molecule has 0 saturated heterocycles. The van der Waals surface area contributed by atoms with Crippen LogP contribution in [0.2, 0.25) is 0 Å². The number of hydrogen-bond acceptors (Lipinski definition) is 2. The highest BCUT2D eigenvalue weighted by Crippen LogP contribution is 2.17. The van der Waals surface area contributed by atoms with Crippen LogP contribution in [-0.2, 0) is 0 Å². The van der Waals surface area contributed by atoms with Gasteiger partial charge in [-0.05, 0) is 12.1 Å². The molecule has 0 aliphatic heterocycles. The zero-order chi connectivity index (χ0) is 6.97. The van der Waals surface area contributed by atoms with Crippen LogP contribution < -0.4 is 0 Å². The molecule has 0 atom stereocenters. The van der Waals surface area contributed by atoms with Gasteiger partial charge in [0.05, 0.1) is 15.7 Å². The molecule has 1 nitrogen and oxygen atoms in total. The topological polar surface area (TPSA) is 12.9 Å². The van der Waals surface area contributed by atoms with Crippen LogP contribution in [0.15, 0.2) is 23.7 Å². The van der Waals surface area contributed by atoms with Crippen LogP contribution in [0.3, 0.4) is 0 Å². The van der Waals surface area contributed by atoms with E-state index in [2.05, 4.69) is 4.98 Å². The van der Waals surface area contributed by atoms with E-state index in [0.29, 0.717) is 0 Å². The van der Waals surface area contributed by atoms with E-state index < -0.39 is 0 Å². The standard InChI is InChI=1S/C7H4FNS/c8-5-1-2-7-6(3-5)9-4-10-7/h1-4H. The molecule has 1 aromatic heterocycles. The maximum Gasteiger partial charge on any atom is 0.125 e. The average Bonchev–Trinajstić information content (AvgIpc) is 2.33. The minimum absolute atomic E-state index is 0.224. The highest BCUT2D eigenvalue weighted by atomic mass is 32.1. The summed E-state index contributed by atoms with van der Waals surface area (Å²) in [6.45, 7) is 0. The van der Waals surface area contributed by atoms with Crippen LogP contribution in [-0.4, -0.2) is 4.98 Å². The van der Waals surface area contributed by atoms with Crippen molar-refractivity contribution in [3.63, 3.8) is 0 Å². The molecule has 2 rings (SSSR count). The maximum atomic E-state index is 12.5. The molecule has 0 N–H and O–H groups in total. The predicted octanol–water partition coefficient (Wildman–Crippen LogP) is 2.44. The van der Waals surface area contributed by atoms with Gasteiger partial charge in [-0.1, -0.05) is 0 Å². The van der Waals surface area contributed by atoms with Crippen molar-refractivity contribution in [2.45, 2.75) is 0 Å². The summed E-state index contributed by atoms with van der Waals surface area (Å²) in [5, 5.41) is 0. The third-order valence-corrected chi connectivity index (χ3v) is 2.10. The molecule has 50 valence electrons. The molecule has 0 aliphatic rings. The summed E-state index contributed by atoms with van der Waals surface area (Å²) in [6, 6.07) is 4.62. The predicted molar refractivity (Wildman–Crippen MR) is 39.6 cm³/mol. The molecule has 2 aromatic rings. The Morgan fingerprint density at radius 2 is 2.30 bits per heavy atom. The van der Waals surface area contributed by atoms with Crippen LogP contribution in [0.4, 0.5) is 4.39 Å². The zero-order valence-corrected chi connectivity index (χ0v) is 5.86. The first kappa shape index (κ1) is 5.80. The summed E-state index contributed by atoms with van der Waals surface area (Å²) in [5.41, 5.74) is 2.45. The summed E-state index contributed by atoms with van der Waals surface area (Å²) >= 11 is 1.52.